The summed E-state index contributed by atoms with van der Waals surface area (Å²) in [6.45, 7) is 5.20. The Morgan fingerprint density at radius 1 is 1.00 bits per heavy atom. The lowest BCUT2D eigenvalue weighted by Gasteiger charge is -2.26. The van der Waals surface area contributed by atoms with Crippen molar-refractivity contribution < 1.29 is 19.1 Å². The lowest BCUT2D eigenvalue weighted by atomic mass is 10.00. The number of nitrogens with zero attached hydrogens (tertiary/aromatic N) is 3. The van der Waals surface area contributed by atoms with E-state index >= 15 is 0 Å². The molecule has 4 rings (SSSR count). The first-order valence-electron chi connectivity index (χ1n) is 13.2. The molecule has 0 spiro atoms. The van der Waals surface area contributed by atoms with Gasteiger partial charge in [0.05, 0.1) is 34.4 Å². The van der Waals surface area contributed by atoms with Crippen molar-refractivity contribution in [3.63, 3.8) is 0 Å². The van der Waals surface area contributed by atoms with Gasteiger partial charge in [-0.2, -0.15) is 0 Å². The van der Waals surface area contributed by atoms with Crippen LogP contribution in [0.1, 0.15) is 21.6 Å². The molecule has 0 bridgehead atoms. The largest absolute Gasteiger partial charge is 0.463 e. The van der Waals surface area contributed by atoms with Crippen molar-refractivity contribution in [2.24, 2.45) is 14.1 Å². The number of amides is 1. The summed E-state index contributed by atoms with van der Waals surface area (Å²) in [6, 6.07) is 10.7. The van der Waals surface area contributed by atoms with Crippen LogP contribution in [-0.4, -0.2) is 71.4 Å². The minimum atomic E-state index is -1.03. The highest BCUT2D eigenvalue weighted by atomic mass is 35.5. The maximum absolute atomic E-state index is 13.2. The van der Waals surface area contributed by atoms with Crippen molar-refractivity contribution in [2.75, 3.05) is 39.5 Å². The van der Waals surface area contributed by atoms with Gasteiger partial charge in [-0.25, -0.2) is 9.59 Å². The molecule has 12 heteroatoms. The van der Waals surface area contributed by atoms with E-state index in [1.165, 1.54) is 11.6 Å². The van der Waals surface area contributed by atoms with Crippen LogP contribution in [0.25, 0.3) is 11.1 Å². The Kier molecular flexibility index (Phi) is 10.0. The highest BCUT2D eigenvalue weighted by molar-refractivity contribution is 6.39. The molecule has 218 valence electrons. The van der Waals surface area contributed by atoms with Crippen molar-refractivity contribution >= 4 is 35.1 Å². The first-order chi connectivity index (χ1) is 19.6. The third-order valence-electron chi connectivity index (χ3n) is 7.17. The fraction of sp³-hybridized carbons (Fsp3) is 0.379. The molecule has 1 amide bonds. The van der Waals surface area contributed by atoms with Crippen LogP contribution >= 0.6 is 23.2 Å². The number of carbonyl (C=O) groups is 2. The summed E-state index contributed by atoms with van der Waals surface area (Å²) in [6.07, 6.45) is 0.120. The zero-order valence-corrected chi connectivity index (χ0v) is 24.6. The Morgan fingerprint density at radius 2 is 1.63 bits per heavy atom. The SMILES string of the molecule is Cc1c(-c2ccc(C[C@H](NC(=O)c3c(Cl)cccc3Cl)C(=O)OCCN3CCOCC3)cc2)c(=O)n(C)c(=O)n1C. The van der Waals surface area contributed by atoms with Crippen molar-refractivity contribution in [1.82, 2.24) is 19.4 Å². The van der Waals surface area contributed by atoms with E-state index in [4.69, 9.17) is 32.7 Å². The van der Waals surface area contributed by atoms with Crippen LogP contribution < -0.4 is 16.6 Å². The van der Waals surface area contributed by atoms with Gasteiger partial charge in [-0.05, 0) is 30.2 Å². The molecular formula is C29H32Cl2N4O6. The van der Waals surface area contributed by atoms with Gasteiger partial charge in [-0.1, -0.05) is 53.5 Å². The van der Waals surface area contributed by atoms with E-state index in [2.05, 4.69) is 10.2 Å². The van der Waals surface area contributed by atoms with Gasteiger partial charge < -0.3 is 19.4 Å². The average molecular weight is 604 g/mol. The quantitative estimate of drug-likeness (QED) is 0.375. The molecule has 1 atom stereocenters. The first-order valence-corrected chi connectivity index (χ1v) is 13.9. The molecule has 1 fully saturated rings. The van der Waals surface area contributed by atoms with Gasteiger partial charge in [-0.15, -0.1) is 0 Å². The van der Waals surface area contributed by atoms with Crippen molar-refractivity contribution in [1.29, 1.82) is 0 Å². The number of esters is 1. The highest BCUT2D eigenvalue weighted by Crippen LogP contribution is 2.25. The van der Waals surface area contributed by atoms with Crippen LogP contribution in [0.5, 0.6) is 0 Å². The second-order valence-corrected chi connectivity index (χ2v) is 10.6. The molecule has 1 aromatic heterocycles. The van der Waals surface area contributed by atoms with E-state index in [9.17, 15) is 19.2 Å². The summed E-state index contributed by atoms with van der Waals surface area (Å²) >= 11 is 12.4. The number of halogens is 2. The molecule has 0 saturated carbocycles. The van der Waals surface area contributed by atoms with E-state index in [0.717, 1.165) is 17.7 Å². The predicted octanol–water partition coefficient (Wildman–Crippen LogP) is 2.58. The topological polar surface area (TPSA) is 112 Å². The van der Waals surface area contributed by atoms with Crippen LogP contribution in [0.3, 0.4) is 0 Å². The van der Waals surface area contributed by atoms with Crippen molar-refractivity contribution in [3.05, 3.63) is 90.2 Å². The third-order valence-corrected chi connectivity index (χ3v) is 7.80. The van der Waals surface area contributed by atoms with Gasteiger partial charge in [0, 0.05) is 45.8 Å². The Bertz CT molecular complexity index is 1520. The normalized spacial score (nSPS) is 14.5. The maximum Gasteiger partial charge on any atom is 0.330 e. The van der Waals surface area contributed by atoms with E-state index < -0.39 is 29.2 Å². The number of hydrogen-bond donors (Lipinski definition) is 1. The predicted molar refractivity (Wildman–Crippen MR) is 157 cm³/mol. The Morgan fingerprint density at radius 3 is 2.27 bits per heavy atom. The Hall–Kier alpha value is -3.44. The second kappa shape index (κ2) is 13.5. The molecule has 41 heavy (non-hydrogen) atoms. The Labute approximate surface area is 247 Å². The fourth-order valence-electron chi connectivity index (χ4n) is 4.66. The van der Waals surface area contributed by atoms with Gasteiger partial charge in [0.2, 0.25) is 0 Å². The number of morpholine rings is 1. The van der Waals surface area contributed by atoms with Gasteiger partial charge in [0.15, 0.2) is 0 Å². The molecule has 0 radical (unpaired) electrons. The molecule has 10 nitrogen and oxygen atoms in total. The van der Waals surface area contributed by atoms with E-state index in [-0.39, 0.29) is 28.6 Å². The van der Waals surface area contributed by atoms with Gasteiger partial charge in [-0.3, -0.25) is 19.1 Å². The number of carbonyl (C=O) groups excluding carboxylic acids is 2. The molecule has 2 heterocycles. The molecule has 2 aromatic carbocycles. The van der Waals surface area contributed by atoms with Crippen LogP contribution in [0.4, 0.5) is 0 Å². The van der Waals surface area contributed by atoms with Gasteiger partial charge in [0.25, 0.3) is 11.5 Å². The molecule has 1 aliphatic heterocycles. The van der Waals surface area contributed by atoms with Crippen LogP contribution in [0.15, 0.2) is 52.1 Å². The van der Waals surface area contributed by atoms with Crippen LogP contribution in [0.2, 0.25) is 10.0 Å². The lowest BCUT2D eigenvalue weighted by Crippen LogP contribution is -2.44. The Balaban J connectivity index is 1.55. The van der Waals surface area contributed by atoms with Gasteiger partial charge >= 0.3 is 11.7 Å². The summed E-state index contributed by atoms with van der Waals surface area (Å²) in [4.78, 5) is 53.6. The van der Waals surface area contributed by atoms with Crippen molar-refractivity contribution in [3.8, 4) is 11.1 Å². The zero-order chi connectivity index (χ0) is 29.7. The minimum Gasteiger partial charge on any atom is -0.463 e. The average Bonchev–Trinajstić information content (AvgIpc) is 2.96. The summed E-state index contributed by atoms with van der Waals surface area (Å²) in [5.74, 6) is -1.20. The molecule has 1 aliphatic rings. The zero-order valence-electron chi connectivity index (χ0n) is 23.1. The maximum atomic E-state index is 13.2. The summed E-state index contributed by atoms with van der Waals surface area (Å²) in [7, 11) is 3.04. The number of hydrogen-bond acceptors (Lipinski definition) is 7. The van der Waals surface area contributed by atoms with Crippen LogP contribution in [0, 0.1) is 6.92 Å². The number of ether oxygens (including phenoxy) is 2. The molecular weight excluding hydrogens is 571 g/mol. The van der Waals surface area contributed by atoms with E-state index in [1.54, 1.807) is 56.4 Å². The number of aromatic nitrogens is 2. The standard InChI is InChI=1S/C29H32Cl2N4O6/c1-18-24(27(37)34(3)29(39)33(18)2)20-9-7-19(8-10-20)17-23(28(38)41-16-13-35-11-14-40-15-12-35)32-26(36)25-21(30)5-4-6-22(25)31/h4-10,23H,11-17H2,1-3H3,(H,32,36)/t23-/m0/s1. The fourth-order valence-corrected chi connectivity index (χ4v) is 5.23. The molecule has 1 saturated heterocycles. The number of rotatable bonds is 9. The summed E-state index contributed by atoms with van der Waals surface area (Å²) in [5.41, 5.74) is 1.55. The third kappa shape index (κ3) is 7.08. The van der Waals surface area contributed by atoms with Crippen molar-refractivity contribution in [2.45, 2.75) is 19.4 Å². The monoisotopic (exact) mass is 602 g/mol. The molecule has 1 N–H and O–H groups in total. The van der Waals surface area contributed by atoms with Crippen LogP contribution in [-0.2, 0) is 34.8 Å². The lowest BCUT2D eigenvalue weighted by molar-refractivity contribution is -0.146. The molecule has 3 aromatic rings. The first kappa shape index (κ1) is 30.5. The van der Waals surface area contributed by atoms with E-state index in [0.29, 0.717) is 42.1 Å². The molecule has 0 aliphatic carbocycles. The highest BCUT2D eigenvalue weighted by Gasteiger charge is 2.26. The van der Waals surface area contributed by atoms with Gasteiger partial charge in [0.1, 0.15) is 12.6 Å². The number of nitrogens with one attached hydrogen (secondary N) is 1. The second-order valence-electron chi connectivity index (χ2n) is 9.81. The summed E-state index contributed by atoms with van der Waals surface area (Å²) < 4.78 is 13.4. The number of benzene rings is 2. The van der Waals surface area contributed by atoms with E-state index in [1.807, 2.05) is 0 Å². The summed E-state index contributed by atoms with van der Waals surface area (Å²) in [5, 5.41) is 3.05. The smallest absolute Gasteiger partial charge is 0.330 e. The minimum absolute atomic E-state index is 0.0679. The molecule has 0 unspecified atom stereocenters.